The first-order valence-electron chi connectivity index (χ1n) is 6.45. The molecule has 1 amide bonds. The third-order valence-corrected chi connectivity index (χ3v) is 4.43. The molecule has 0 aromatic heterocycles. The van der Waals surface area contributed by atoms with Crippen LogP contribution in [0.3, 0.4) is 0 Å². The molecule has 1 aromatic rings. The number of carbonyl (C=O) groups is 2. The maximum absolute atomic E-state index is 11.7. The van der Waals surface area contributed by atoms with E-state index in [1.807, 2.05) is 43.3 Å². The van der Waals surface area contributed by atoms with Crippen LogP contribution >= 0.6 is 24.4 Å². The van der Waals surface area contributed by atoms with Gasteiger partial charge in [-0.25, -0.2) is 0 Å². The Labute approximate surface area is 134 Å². The standard InChI is InChI=1S/C14H20N2O3S2/c1-16(2)11-5-3-10(4-6-11)9-21-14(20)13(19)15-8-7-12(17)18/h3-6,14,20H,7-9H2,1-2H3,(H,15,19)(H,17,18). The first-order chi connectivity index (χ1) is 9.90. The van der Waals surface area contributed by atoms with Crippen molar-refractivity contribution in [3.8, 4) is 0 Å². The van der Waals surface area contributed by atoms with Gasteiger partial charge in [0.25, 0.3) is 0 Å². The molecule has 0 aliphatic carbocycles. The molecule has 0 radical (unpaired) electrons. The molecule has 7 heteroatoms. The van der Waals surface area contributed by atoms with Crippen LogP contribution in [0.5, 0.6) is 0 Å². The smallest absolute Gasteiger partial charge is 0.305 e. The predicted octanol–water partition coefficient (Wildman–Crippen LogP) is 1.83. The van der Waals surface area contributed by atoms with Gasteiger partial charge < -0.3 is 15.3 Å². The van der Waals surface area contributed by atoms with E-state index in [1.54, 1.807) is 0 Å². The summed E-state index contributed by atoms with van der Waals surface area (Å²) in [6.45, 7) is 0.128. The highest BCUT2D eigenvalue weighted by Gasteiger charge is 2.14. The summed E-state index contributed by atoms with van der Waals surface area (Å²) in [5.41, 5.74) is 2.24. The molecule has 0 saturated carbocycles. The molecule has 116 valence electrons. The molecule has 1 atom stereocenters. The minimum absolute atomic E-state index is 0.0805. The van der Waals surface area contributed by atoms with Gasteiger partial charge in [0.05, 0.1) is 6.42 Å². The van der Waals surface area contributed by atoms with Crippen LogP contribution in [-0.2, 0) is 15.3 Å². The van der Waals surface area contributed by atoms with Crippen molar-refractivity contribution in [3.05, 3.63) is 29.8 Å². The first-order valence-corrected chi connectivity index (χ1v) is 8.02. The van der Waals surface area contributed by atoms with E-state index in [4.69, 9.17) is 5.11 Å². The quantitative estimate of drug-likeness (QED) is 0.502. The Morgan fingerprint density at radius 3 is 2.48 bits per heavy atom. The zero-order valence-electron chi connectivity index (χ0n) is 12.1. The van der Waals surface area contributed by atoms with Crippen molar-refractivity contribution in [1.29, 1.82) is 0 Å². The minimum Gasteiger partial charge on any atom is -0.481 e. The van der Waals surface area contributed by atoms with Gasteiger partial charge in [0.1, 0.15) is 4.58 Å². The fourth-order valence-corrected chi connectivity index (χ4v) is 2.61. The summed E-state index contributed by atoms with van der Waals surface area (Å²) in [7, 11) is 3.96. The Morgan fingerprint density at radius 1 is 1.33 bits per heavy atom. The van der Waals surface area contributed by atoms with Crippen LogP contribution < -0.4 is 10.2 Å². The van der Waals surface area contributed by atoms with Crippen molar-refractivity contribution in [2.75, 3.05) is 25.5 Å². The van der Waals surface area contributed by atoms with Crippen LogP contribution in [0, 0.1) is 0 Å². The van der Waals surface area contributed by atoms with Crippen LogP contribution in [0.4, 0.5) is 5.69 Å². The third kappa shape index (κ3) is 6.77. The monoisotopic (exact) mass is 328 g/mol. The SMILES string of the molecule is CN(C)c1ccc(CSC(S)C(=O)NCCC(=O)O)cc1. The summed E-state index contributed by atoms with van der Waals surface area (Å²) in [6, 6.07) is 8.09. The second kappa shape index (κ2) is 8.84. The molecule has 1 unspecified atom stereocenters. The van der Waals surface area contributed by atoms with Gasteiger partial charge in [0.2, 0.25) is 5.91 Å². The molecule has 1 aromatic carbocycles. The average molecular weight is 328 g/mol. The summed E-state index contributed by atoms with van der Waals surface area (Å²) < 4.78 is -0.507. The van der Waals surface area contributed by atoms with Gasteiger partial charge in [-0.15, -0.1) is 11.8 Å². The summed E-state index contributed by atoms with van der Waals surface area (Å²) in [5, 5.41) is 11.0. The predicted molar refractivity (Wildman–Crippen MR) is 90.1 cm³/mol. The van der Waals surface area contributed by atoms with Crippen molar-refractivity contribution in [3.63, 3.8) is 0 Å². The van der Waals surface area contributed by atoms with Crippen molar-refractivity contribution in [2.45, 2.75) is 16.8 Å². The second-order valence-electron chi connectivity index (χ2n) is 4.66. The van der Waals surface area contributed by atoms with Crippen molar-refractivity contribution >= 4 is 42.0 Å². The topological polar surface area (TPSA) is 69.6 Å². The molecule has 5 nitrogen and oxygen atoms in total. The van der Waals surface area contributed by atoms with Gasteiger partial charge >= 0.3 is 5.97 Å². The van der Waals surface area contributed by atoms with Crippen molar-refractivity contribution in [1.82, 2.24) is 5.32 Å². The van der Waals surface area contributed by atoms with Crippen molar-refractivity contribution < 1.29 is 14.7 Å². The maximum atomic E-state index is 11.7. The number of anilines is 1. The molecule has 0 fully saturated rings. The van der Waals surface area contributed by atoms with E-state index in [0.717, 1.165) is 11.3 Å². The number of thioether (sulfide) groups is 1. The molecule has 0 saturated heterocycles. The Kier molecular flexibility index (Phi) is 7.45. The normalized spacial score (nSPS) is 11.8. The number of benzene rings is 1. The molecular weight excluding hydrogens is 308 g/mol. The molecule has 0 aliphatic heterocycles. The lowest BCUT2D eigenvalue weighted by molar-refractivity contribution is -0.136. The summed E-state index contributed by atoms with van der Waals surface area (Å²) in [6.07, 6.45) is -0.0805. The molecule has 0 heterocycles. The lowest BCUT2D eigenvalue weighted by Gasteiger charge is -2.13. The number of nitrogens with one attached hydrogen (secondary N) is 1. The maximum Gasteiger partial charge on any atom is 0.305 e. The molecule has 0 aliphatic rings. The first kappa shape index (κ1) is 17.7. The van der Waals surface area contributed by atoms with Gasteiger partial charge in [-0.1, -0.05) is 12.1 Å². The van der Waals surface area contributed by atoms with Gasteiger partial charge in [0, 0.05) is 32.1 Å². The van der Waals surface area contributed by atoms with Gasteiger partial charge in [0.15, 0.2) is 0 Å². The zero-order valence-corrected chi connectivity index (χ0v) is 13.8. The number of hydrogen-bond donors (Lipinski definition) is 3. The number of carboxylic acid groups (broad SMARTS) is 1. The van der Waals surface area contributed by atoms with E-state index in [9.17, 15) is 9.59 Å². The van der Waals surface area contributed by atoms with Gasteiger partial charge in [-0.05, 0) is 17.7 Å². The largest absolute Gasteiger partial charge is 0.481 e. The van der Waals surface area contributed by atoms with E-state index >= 15 is 0 Å². The number of nitrogens with zero attached hydrogens (tertiary/aromatic N) is 1. The Morgan fingerprint density at radius 2 is 1.95 bits per heavy atom. The number of aliphatic carboxylic acids is 1. The van der Waals surface area contributed by atoms with E-state index in [0.29, 0.717) is 5.75 Å². The number of thiol groups is 1. The van der Waals surface area contributed by atoms with E-state index < -0.39 is 10.6 Å². The van der Waals surface area contributed by atoms with Gasteiger partial charge in [-0.3, -0.25) is 9.59 Å². The lowest BCUT2D eigenvalue weighted by atomic mass is 10.2. The van der Waals surface area contributed by atoms with Crippen LogP contribution in [0.25, 0.3) is 0 Å². The highest BCUT2D eigenvalue weighted by molar-refractivity contribution is 8.10. The van der Waals surface area contributed by atoms with Crippen LogP contribution in [0.15, 0.2) is 24.3 Å². The summed E-state index contributed by atoms with van der Waals surface area (Å²) in [4.78, 5) is 24.1. The summed E-state index contributed by atoms with van der Waals surface area (Å²) in [5.74, 6) is -0.511. The fraction of sp³-hybridized carbons (Fsp3) is 0.429. The zero-order chi connectivity index (χ0) is 15.8. The second-order valence-corrected chi connectivity index (χ2v) is 6.62. The molecule has 0 bridgehead atoms. The molecule has 1 rings (SSSR count). The van der Waals surface area contributed by atoms with E-state index in [-0.39, 0.29) is 18.9 Å². The highest BCUT2D eigenvalue weighted by atomic mass is 32.2. The van der Waals surface area contributed by atoms with Crippen LogP contribution in [-0.4, -0.2) is 42.2 Å². The minimum atomic E-state index is -0.931. The molecular formula is C14H20N2O3S2. The summed E-state index contributed by atoms with van der Waals surface area (Å²) >= 11 is 5.63. The average Bonchev–Trinajstić information content (AvgIpc) is 2.44. The van der Waals surface area contributed by atoms with Crippen LogP contribution in [0.1, 0.15) is 12.0 Å². The molecule has 0 spiro atoms. The number of carboxylic acids is 1. The van der Waals surface area contributed by atoms with E-state index in [2.05, 4.69) is 17.9 Å². The van der Waals surface area contributed by atoms with Gasteiger partial charge in [-0.2, -0.15) is 12.6 Å². The molecule has 2 N–H and O–H groups in total. The number of hydrogen-bond acceptors (Lipinski definition) is 5. The Hall–Kier alpha value is -1.34. The molecule has 21 heavy (non-hydrogen) atoms. The number of rotatable bonds is 8. The lowest BCUT2D eigenvalue weighted by Crippen LogP contribution is -2.31. The number of carbonyl (C=O) groups excluding carboxylic acids is 1. The Bertz CT molecular complexity index is 478. The number of amides is 1. The fourth-order valence-electron chi connectivity index (χ4n) is 1.52. The van der Waals surface area contributed by atoms with E-state index in [1.165, 1.54) is 11.8 Å². The van der Waals surface area contributed by atoms with Crippen molar-refractivity contribution in [2.24, 2.45) is 0 Å². The highest BCUT2D eigenvalue weighted by Crippen LogP contribution is 2.22. The van der Waals surface area contributed by atoms with Crippen LogP contribution in [0.2, 0.25) is 0 Å². The third-order valence-electron chi connectivity index (χ3n) is 2.72. The Balaban J connectivity index is 2.36.